The van der Waals surface area contributed by atoms with Crippen molar-refractivity contribution in [1.29, 1.82) is 0 Å². The van der Waals surface area contributed by atoms with E-state index in [2.05, 4.69) is 0 Å². The number of carbonyl (C=O) groups excluding carboxylic acids is 1. The van der Waals surface area contributed by atoms with Gasteiger partial charge in [-0.25, -0.2) is 5.06 Å². The van der Waals surface area contributed by atoms with Gasteiger partial charge in [-0.15, -0.1) is 0 Å². The summed E-state index contributed by atoms with van der Waals surface area (Å²) in [6.45, 7) is 1.90. The molecule has 0 unspecified atom stereocenters. The molecule has 0 aliphatic heterocycles. The van der Waals surface area contributed by atoms with Crippen LogP contribution in [0, 0.1) is 6.92 Å². The smallest absolute Gasteiger partial charge is 0.269 e. The molecule has 0 atom stereocenters. The minimum absolute atomic E-state index is 0.213. The van der Waals surface area contributed by atoms with Crippen LogP contribution in [0.4, 0.5) is 0 Å². The van der Waals surface area contributed by atoms with Crippen LogP contribution >= 0.6 is 0 Å². The second-order valence-electron chi connectivity index (χ2n) is 3.97. The number of nitrogens with zero attached hydrogens (tertiary/aromatic N) is 1. The van der Waals surface area contributed by atoms with E-state index in [1.165, 1.54) is 13.2 Å². The van der Waals surface area contributed by atoms with E-state index < -0.39 is 0 Å². The lowest BCUT2D eigenvalue weighted by Crippen LogP contribution is -2.22. The van der Waals surface area contributed by atoms with Gasteiger partial charge in [0.25, 0.3) is 5.91 Å². The van der Waals surface area contributed by atoms with Crippen molar-refractivity contribution in [3.8, 4) is 0 Å². The number of likely N-dealkylation sites (N-methyl/N-ethyl adjacent to an activating group) is 1. The number of hydrogen-bond acceptors (Lipinski definition) is 3. The van der Waals surface area contributed by atoms with E-state index >= 15 is 0 Å². The Hall–Kier alpha value is -2.07. The third kappa shape index (κ3) is 2.43. The highest BCUT2D eigenvalue weighted by Gasteiger charge is 2.05. The Morgan fingerprint density at radius 3 is 2.94 bits per heavy atom. The molecule has 4 nitrogen and oxygen atoms in total. The summed E-state index contributed by atoms with van der Waals surface area (Å²) >= 11 is 0. The van der Waals surface area contributed by atoms with Gasteiger partial charge in [-0.3, -0.25) is 9.63 Å². The zero-order valence-electron chi connectivity index (χ0n) is 10.6. The lowest BCUT2D eigenvalue weighted by Gasteiger charge is -2.09. The van der Waals surface area contributed by atoms with Gasteiger partial charge in [-0.1, -0.05) is 12.1 Å². The first-order valence-electron chi connectivity index (χ1n) is 5.61. The molecule has 0 spiro atoms. The molecule has 0 fully saturated rings. The summed E-state index contributed by atoms with van der Waals surface area (Å²) in [5.41, 5.74) is 1.77. The van der Waals surface area contributed by atoms with Crippen LogP contribution in [0.3, 0.4) is 0 Å². The van der Waals surface area contributed by atoms with Gasteiger partial charge in [-0.05, 0) is 30.7 Å². The summed E-state index contributed by atoms with van der Waals surface area (Å²) in [6, 6.07) is 7.70. The summed E-state index contributed by atoms with van der Waals surface area (Å²) in [5, 5.41) is 2.16. The molecule has 1 heterocycles. The third-order valence-corrected chi connectivity index (χ3v) is 2.71. The van der Waals surface area contributed by atoms with Gasteiger partial charge < -0.3 is 4.42 Å². The predicted molar refractivity (Wildman–Crippen MR) is 69.8 cm³/mol. The van der Waals surface area contributed by atoms with Crippen molar-refractivity contribution in [3.63, 3.8) is 0 Å². The first kappa shape index (κ1) is 12.4. The maximum atomic E-state index is 11.6. The van der Waals surface area contributed by atoms with E-state index in [0.717, 1.165) is 27.4 Å². The molecule has 2 rings (SSSR count). The molecule has 1 aromatic heterocycles. The van der Waals surface area contributed by atoms with Gasteiger partial charge in [0.15, 0.2) is 0 Å². The number of furan rings is 1. The molecule has 0 saturated carbocycles. The Labute approximate surface area is 105 Å². The molecule has 0 radical (unpaired) electrons. The fourth-order valence-electron chi connectivity index (χ4n) is 1.71. The molecule has 4 heteroatoms. The van der Waals surface area contributed by atoms with Gasteiger partial charge in [0, 0.05) is 18.5 Å². The maximum absolute atomic E-state index is 11.6. The summed E-state index contributed by atoms with van der Waals surface area (Å²) in [7, 11) is 3.02. The maximum Gasteiger partial charge on any atom is 0.269 e. The summed E-state index contributed by atoms with van der Waals surface area (Å²) in [5.74, 6) is 0.640. The fourth-order valence-corrected chi connectivity index (χ4v) is 1.71. The molecule has 2 aromatic rings. The van der Waals surface area contributed by atoms with Crippen molar-refractivity contribution in [2.75, 3.05) is 14.2 Å². The van der Waals surface area contributed by atoms with Crippen molar-refractivity contribution in [2.45, 2.75) is 6.92 Å². The van der Waals surface area contributed by atoms with Gasteiger partial charge in [0.05, 0.1) is 7.11 Å². The number of carbonyl (C=O) groups is 1. The molecular weight excluding hydrogens is 230 g/mol. The monoisotopic (exact) mass is 245 g/mol. The first-order chi connectivity index (χ1) is 8.61. The number of amides is 1. The topological polar surface area (TPSA) is 42.7 Å². The molecule has 0 aliphatic carbocycles. The normalized spacial score (nSPS) is 11.3. The number of fused-ring (bicyclic) bond motifs is 1. The number of benzene rings is 1. The molecule has 0 N–H and O–H groups in total. The Bertz CT molecular complexity index is 598. The van der Waals surface area contributed by atoms with E-state index in [1.807, 2.05) is 31.2 Å². The number of rotatable bonds is 3. The minimum Gasteiger partial charge on any atom is -0.461 e. The van der Waals surface area contributed by atoms with E-state index in [0.29, 0.717) is 0 Å². The summed E-state index contributed by atoms with van der Waals surface area (Å²) in [4.78, 5) is 16.4. The highest BCUT2D eigenvalue weighted by molar-refractivity contribution is 5.95. The zero-order chi connectivity index (χ0) is 13.1. The van der Waals surface area contributed by atoms with Gasteiger partial charge in [-0.2, -0.15) is 0 Å². The van der Waals surface area contributed by atoms with Crippen molar-refractivity contribution < 1.29 is 14.0 Å². The van der Waals surface area contributed by atoms with Crippen LogP contribution in [-0.2, 0) is 9.63 Å². The zero-order valence-corrected chi connectivity index (χ0v) is 10.6. The van der Waals surface area contributed by atoms with E-state index in [-0.39, 0.29) is 5.91 Å². The molecule has 18 heavy (non-hydrogen) atoms. The van der Waals surface area contributed by atoms with Crippen molar-refractivity contribution in [2.24, 2.45) is 0 Å². The van der Waals surface area contributed by atoms with Gasteiger partial charge >= 0.3 is 0 Å². The molecule has 0 aliphatic rings. The number of hydrogen-bond donors (Lipinski definition) is 0. The van der Waals surface area contributed by atoms with Gasteiger partial charge in [0.1, 0.15) is 11.3 Å². The molecule has 1 aromatic carbocycles. The van der Waals surface area contributed by atoms with Crippen molar-refractivity contribution >= 4 is 23.0 Å². The number of hydroxylamine groups is 2. The first-order valence-corrected chi connectivity index (χ1v) is 5.61. The van der Waals surface area contributed by atoms with Crippen LogP contribution in [-0.4, -0.2) is 25.1 Å². The van der Waals surface area contributed by atoms with Crippen molar-refractivity contribution in [3.05, 3.63) is 41.7 Å². The second kappa shape index (κ2) is 5.06. The van der Waals surface area contributed by atoms with E-state index in [4.69, 9.17) is 9.25 Å². The lowest BCUT2D eigenvalue weighted by atomic mass is 10.1. The predicted octanol–water partition coefficient (Wildman–Crippen LogP) is 2.77. The highest BCUT2D eigenvalue weighted by atomic mass is 16.7. The standard InChI is InChI=1S/C14H15NO3/c1-10-9-12-11(5-4-6-13(12)18-10)7-8-14(16)15(2)17-3/h4-9H,1-3H3. The van der Waals surface area contributed by atoms with E-state index in [1.54, 1.807) is 13.1 Å². The number of aryl methyl sites for hydroxylation is 1. The van der Waals surface area contributed by atoms with Gasteiger partial charge in [0.2, 0.25) is 0 Å². The molecule has 0 saturated heterocycles. The average molecular weight is 245 g/mol. The van der Waals surface area contributed by atoms with Crippen LogP contribution in [0.5, 0.6) is 0 Å². The highest BCUT2D eigenvalue weighted by Crippen LogP contribution is 2.23. The Kier molecular flexibility index (Phi) is 3.48. The SMILES string of the molecule is CON(C)C(=O)C=Cc1cccc2oc(C)cc12. The van der Waals surface area contributed by atoms with E-state index in [9.17, 15) is 4.79 Å². The van der Waals surface area contributed by atoms with Crippen LogP contribution in [0.1, 0.15) is 11.3 Å². The molecule has 0 bridgehead atoms. The van der Waals surface area contributed by atoms with Crippen LogP contribution in [0.15, 0.2) is 34.8 Å². The van der Waals surface area contributed by atoms with Crippen LogP contribution in [0.25, 0.3) is 17.0 Å². The quantitative estimate of drug-likeness (QED) is 0.617. The molecular formula is C14H15NO3. The Balaban J connectivity index is 2.32. The molecule has 94 valence electrons. The Morgan fingerprint density at radius 1 is 1.44 bits per heavy atom. The molecule has 1 amide bonds. The summed E-state index contributed by atoms with van der Waals surface area (Å²) < 4.78 is 5.53. The fraction of sp³-hybridized carbons (Fsp3) is 0.214. The van der Waals surface area contributed by atoms with Crippen molar-refractivity contribution in [1.82, 2.24) is 5.06 Å². The average Bonchev–Trinajstić information content (AvgIpc) is 2.75. The third-order valence-electron chi connectivity index (χ3n) is 2.71. The van der Waals surface area contributed by atoms with Crippen LogP contribution < -0.4 is 0 Å². The lowest BCUT2D eigenvalue weighted by molar-refractivity contribution is -0.162. The Morgan fingerprint density at radius 2 is 2.22 bits per heavy atom. The minimum atomic E-state index is -0.213. The second-order valence-corrected chi connectivity index (χ2v) is 3.97. The summed E-state index contributed by atoms with van der Waals surface area (Å²) in [6.07, 6.45) is 3.23. The van der Waals surface area contributed by atoms with Crippen LogP contribution in [0.2, 0.25) is 0 Å². The largest absolute Gasteiger partial charge is 0.461 e.